The van der Waals surface area contributed by atoms with Crippen molar-refractivity contribution in [3.63, 3.8) is 0 Å². The molecule has 1 rings (SSSR count). The molecular weight excluding hydrogens is 163 g/mol. The lowest BCUT2D eigenvalue weighted by atomic mass is 10.4. The van der Waals surface area contributed by atoms with Crippen molar-refractivity contribution in [1.82, 2.24) is 9.55 Å². The van der Waals surface area contributed by atoms with Gasteiger partial charge in [0, 0.05) is 12.4 Å². The second-order valence-electron chi connectivity index (χ2n) is 2.33. The quantitative estimate of drug-likeness (QED) is 0.693. The highest BCUT2D eigenvalue weighted by Crippen LogP contribution is 1.95. The van der Waals surface area contributed by atoms with Gasteiger partial charge in [0.05, 0.1) is 12.9 Å². The fraction of sp³-hybridized carbons (Fsp3) is 0.571. The minimum Gasteiger partial charge on any atom is -0.394 e. The summed E-state index contributed by atoms with van der Waals surface area (Å²) < 4.78 is 18.6. The molecule has 0 aliphatic carbocycles. The van der Waals surface area contributed by atoms with Gasteiger partial charge >= 0.3 is 0 Å². The molecule has 1 N–H and O–H groups in total. The lowest BCUT2D eigenvalue weighted by Gasteiger charge is -2.11. The van der Waals surface area contributed by atoms with Crippen molar-refractivity contribution in [2.24, 2.45) is 0 Å². The molecule has 0 saturated heterocycles. The third-order valence-electron chi connectivity index (χ3n) is 1.39. The molecule has 5 heteroatoms. The number of nitrogens with zero attached hydrogens (tertiary/aromatic N) is 2. The standard InChI is InChI=1S/C7H11FN2O2/c8-3-7(4-11)12-6-10-2-1-9-5-10/h1-2,5,7,11H,3-4,6H2. The van der Waals surface area contributed by atoms with Crippen LogP contribution in [0.4, 0.5) is 4.39 Å². The van der Waals surface area contributed by atoms with Gasteiger partial charge in [-0.15, -0.1) is 0 Å². The minimum atomic E-state index is -0.729. The largest absolute Gasteiger partial charge is 0.394 e. The van der Waals surface area contributed by atoms with Crippen molar-refractivity contribution in [3.05, 3.63) is 18.7 Å². The molecule has 0 bridgehead atoms. The highest BCUT2D eigenvalue weighted by atomic mass is 19.1. The average molecular weight is 174 g/mol. The van der Waals surface area contributed by atoms with Crippen molar-refractivity contribution in [2.75, 3.05) is 13.3 Å². The Kier molecular flexibility index (Phi) is 3.69. The monoisotopic (exact) mass is 174 g/mol. The van der Waals surface area contributed by atoms with E-state index in [9.17, 15) is 4.39 Å². The molecule has 0 spiro atoms. The molecule has 0 radical (unpaired) electrons. The summed E-state index contributed by atoms with van der Waals surface area (Å²) in [6.07, 6.45) is 4.14. The summed E-state index contributed by atoms with van der Waals surface area (Å²) in [5.74, 6) is 0. The zero-order valence-corrected chi connectivity index (χ0v) is 6.56. The Balaban J connectivity index is 2.25. The molecule has 1 unspecified atom stereocenters. The summed E-state index contributed by atoms with van der Waals surface area (Å²) >= 11 is 0. The highest BCUT2D eigenvalue weighted by molar-refractivity contribution is 4.72. The SMILES string of the molecule is OCC(CF)OCn1ccnc1. The number of alkyl halides is 1. The molecule has 0 aromatic carbocycles. The van der Waals surface area contributed by atoms with Crippen LogP contribution < -0.4 is 0 Å². The fourth-order valence-corrected chi connectivity index (χ4v) is 0.701. The summed E-state index contributed by atoms with van der Waals surface area (Å²) in [7, 11) is 0. The van der Waals surface area contributed by atoms with Gasteiger partial charge < -0.3 is 14.4 Å². The predicted octanol–water partition coefficient (Wildman–Crippen LogP) is 0.188. The van der Waals surface area contributed by atoms with Crippen molar-refractivity contribution in [3.8, 4) is 0 Å². The van der Waals surface area contributed by atoms with E-state index in [-0.39, 0.29) is 13.3 Å². The lowest BCUT2D eigenvalue weighted by molar-refractivity contribution is -0.0348. The Hall–Kier alpha value is -0.940. The van der Waals surface area contributed by atoms with E-state index in [4.69, 9.17) is 9.84 Å². The third kappa shape index (κ3) is 2.60. The van der Waals surface area contributed by atoms with Crippen LogP contribution in [0.3, 0.4) is 0 Å². The molecule has 1 aromatic rings. The van der Waals surface area contributed by atoms with Gasteiger partial charge in [0.15, 0.2) is 0 Å². The number of imidazole rings is 1. The lowest BCUT2D eigenvalue weighted by Crippen LogP contribution is -2.21. The molecule has 0 amide bonds. The molecule has 0 fully saturated rings. The molecule has 1 heterocycles. The van der Waals surface area contributed by atoms with Crippen molar-refractivity contribution in [1.29, 1.82) is 0 Å². The van der Waals surface area contributed by atoms with Crippen LogP contribution in [0.15, 0.2) is 18.7 Å². The topological polar surface area (TPSA) is 47.3 Å². The van der Waals surface area contributed by atoms with Crippen LogP contribution in [-0.4, -0.2) is 34.0 Å². The smallest absolute Gasteiger partial charge is 0.124 e. The second kappa shape index (κ2) is 4.84. The number of ether oxygens (including phenoxy) is 1. The maximum absolute atomic E-state index is 12.0. The molecule has 1 atom stereocenters. The first-order chi connectivity index (χ1) is 5.86. The molecular formula is C7H11FN2O2. The van der Waals surface area contributed by atoms with Gasteiger partial charge in [-0.1, -0.05) is 0 Å². The van der Waals surface area contributed by atoms with E-state index in [1.54, 1.807) is 23.3 Å². The maximum atomic E-state index is 12.0. The number of halogens is 1. The van der Waals surface area contributed by atoms with Crippen LogP contribution in [0, 0.1) is 0 Å². The van der Waals surface area contributed by atoms with E-state index >= 15 is 0 Å². The predicted molar refractivity (Wildman–Crippen MR) is 40.2 cm³/mol. The first-order valence-electron chi connectivity index (χ1n) is 3.61. The van der Waals surface area contributed by atoms with Crippen LogP contribution >= 0.6 is 0 Å². The normalized spacial score (nSPS) is 13.2. The van der Waals surface area contributed by atoms with Gasteiger partial charge in [0.1, 0.15) is 19.5 Å². The number of hydrogen-bond donors (Lipinski definition) is 1. The fourth-order valence-electron chi connectivity index (χ4n) is 0.701. The van der Waals surface area contributed by atoms with Crippen molar-refractivity contribution in [2.45, 2.75) is 12.8 Å². The maximum Gasteiger partial charge on any atom is 0.124 e. The van der Waals surface area contributed by atoms with Gasteiger partial charge in [-0.25, -0.2) is 9.37 Å². The van der Waals surface area contributed by atoms with Gasteiger partial charge in [-0.2, -0.15) is 0 Å². The summed E-state index contributed by atoms with van der Waals surface area (Å²) in [5, 5.41) is 8.56. The Labute approximate surface area is 69.6 Å². The van der Waals surface area contributed by atoms with Gasteiger partial charge in [0.25, 0.3) is 0 Å². The van der Waals surface area contributed by atoms with Crippen LogP contribution in [0.25, 0.3) is 0 Å². The summed E-state index contributed by atoms with van der Waals surface area (Å²) in [6, 6.07) is 0. The van der Waals surface area contributed by atoms with E-state index in [2.05, 4.69) is 4.98 Å². The van der Waals surface area contributed by atoms with Crippen LogP contribution in [0.1, 0.15) is 0 Å². The van der Waals surface area contributed by atoms with E-state index in [0.29, 0.717) is 0 Å². The molecule has 0 aliphatic rings. The number of aliphatic hydroxyl groups is 1. The Morgan fingerprint density at radius 1 is 1.67 bits per heavy atom. The molecule has 12 heavy (non-hydrogen) atoms. The third-order valence-corrected chi connectivity index (χ3v) is 1.39. The second-order valence-corrected chi connectivity index (χ2v) is 2.33. The molecule has 4 nitrogen and oxygen atoms in total. The van der Waals surface area contributed by atoms with Gasteiger partial charge in [-0.3, -0.25) is 0 Å². The van der Waals surface area contributed by atoms with Gasteiger partial charge in [0.2, 0.25) is 0 Å². The molecule has 68 valence electrons. The number of aliphatic hydroxyl groups excluding tert-OH is 1. The van der Waals surface area contributed by atoms with E-state index in [0.717, 1.165) is 0 Å². The van der Waals surface area contributed by atoms with Crippen LogP contribution in [0.2, 0.25) is 0 Å². The molecule has 1 aromatic heterocycles. The Morgan fingerprint density at radius 2 is 2.50 bits per heavy atom. The zero-order valence-electron chi connectivity index (χ0n) is 6.56. The van der Waals surface area contributed by atoms with Crippen molar-refractivity contribution < 1.29 is 14.2 Å². The summed E-state index contributed by atoms with van der Waals surface area (Å²) in [4.78, 5) is 3.78. The van der Waals surface area contributed by atoms with E-state index in [1.807, 2.05) is 0 Å². The highest BCUT2D eigenvalue weighted by Gasteiger charge is 2.05. The molecule has 0 saturated carbocycles. The number of hydrogen-bond acceptors (Lipinski definition) is 3. The Bertz CT molecular complexity index is 199. The van der Waals surface area contributed by atoms with E-state index in [1.165, 1.54) is 0 Å². The van der Waals surface area contributed by atoms with Crippen molar-refractivity contribution >= 4 is 0 Å². The zero-order chi connectivity index (χ0) is 8.81. The first kappa shape index (κ1) is 9.15. The average Bonchev–Trinajstić information content (AvgIpc) is 2.59. The number of rotatable bonds is 5. The van der Waals surface area contributed by atoms with Crippen LogP contribution in [-0.2, 0) is 11.5 Å². The Morgan fingerprint density at radius 3 is 3.00 bits per heavy atom. The summed E-state index contributed by atoms with van der Waals surface area (Å²) in [6.45, 7) is -0.758. The summed E-state index contributed by atoms with van der Waals surface area (Å²) in [5.41, 5.74) is 0. The number of aromatic nitrogens is 2. The van der Waals surface area contributed by atoms with E-state index < -0.39 is 12.8 Å². The molecule has 0 aliphatic heterocycles. The first-order valence-corrected chi connectivity index (χ1v) is 3.61. The minimum absolute atomic E-state index is 0.217. The van der Waals surface area contributed by atoms with Gasteiger partial charge in [-0.05, 0) is 0 Å². The van der Waals surface area contributed by atoms with Crippen LogP contribution in [0.5, 0.6) is 0 Å².